The van der Waals surface area contributed by atoms with Gasteiger partial charge in [-0.05, 0) is 18.2 Å². The first kappa shape index (κ1) is 16.1. The van der Waals surface area contributed by atoms with Crippen LogP contribution in [0.1, 0.15) is 11.1 Å². The number of halogens is 5. The van der Waals surface area contributed by atoms with Crippen molar-refractivity contribution in [2.45, 2.75) is 11.9 Å². The fourth-order valence-electron chi connectivity index (χ4n) is 1.23. The van der Waals surface area contributed by atoms with Gasteiger partial charge in [-0.2, -0.15) is 22.0 Å². The standard InChI is InChI=1S/C9H8F5N3O2S/c10-8(11)20(18,19)17-6-2-1-4(9(12,13)14)3-5(6)7(15)16/h1-3,8,17H,(H3,15,16). The summed E-state index contributed by atoms with van der Waals surface area (Å²) in [5.74, 6) is -4.67. The summed E-state index contributed by atoms with van der Waals surface area (Å²) in [6.07, 6.45) is -4.75. The van der Waals surface area contributed by atoms with Gasteiger partial charge in [-0.15, -0.1) is 0 Å². The van der Waals surface area contributed by atoms with Crippen LogP contribution in [0, 0.1) is 5.41 Å². The normalized spacial score (nSPS) is 12.5. The van der Waals surface area contributed by atoms with Gasteiger partial charge in [-0.3, -0.25) is 10.1 Å². The number of hydrogen-bond acceptors (Lipinski definition) is 3. The number of amidine groups is 1. The zero-order valence-electron chi connectivity index (χ0n) is 9.50. The summed E-state index contributed by atoms with van der Waals surface area (Å²) in [6, 6.07) is 1.49. The minimum absolute atomic E-state index is 0.395. The minimum Gasteiger partial charge on any atom is -0.384 e. The Balaban J connectivity index is 3.32. The lowest BCUT2D eigenvalue weighted by atomic mass is 10.1. The number of nitrogen functional groups attached to an aromatic ring is 1. The van der Waals surface area contributed by atoms with Crippen LogP contribution in [0.5, 0.6) is 0 Å². The van der Waals surface area contributed by atoms with E-state index in [0.717, 1.165) is 0 Å². The maximum atomic E-state index is 12.5. The number of hydrogen-bond donors (Lipinski definition) is 3. The van der Waals surface area contributed by atoms with Crippen LogP contribution in [-0.4, -0.2) is 20.0 Å². The molecular weight excluding hydrogens is 309 g/mol. The SMILES string of the molecule is N=C(N)c1cc(C(F)(F)F)ccc1NS(=O)(=O)C(F)F. The fraction of sp³-hybridized carbons (Fsp3) is 0.222. The second-order valence-corrected chi connectivity index (χ2v) is 5.23. The van der Waals surface area contributed by atoms with Crippen LogP contribution in [-0.2, 0) is 16.2 Å². The Morgan fingerprint density at radius 1 is 1.30 bits per heavy atom. The molecule has 0 heterocycles. The second kappa shape index (κ2) is 5.23. The number of alkyl halides is 5. The largest absolute Gasteiger partial charge is 0.416 e. The number of rotatable bonds is 4. The lowest BCUT2D eigenvalue weighted by Gasteiger charge is -2.14. The first-order valence-corrected chi connectivity index (χ1v) is 6.35. The average Bonchev–Trinajstić information content (AvgIpc) is 2.26. The van der Waals surface area contributed by atoms with E-state index in [0.29, 0.717) is 18.2 Å². The van der Waals surface area contributed by atoms with E-state index < -0.39 is 44.6 Å². The molecule has 5 nitrogen and oxygen atoms in total. The van der Waals surface area contributed by atoms with Gasteiger partial charge in [0, 0.05) is 5.56 Å². The Morgan fingerprint density at radius 2 is 1.85 bits per heavy atom. The highest BCUT2D eigenvalue weighted by Gasteiger charge is 2.32. The van der Waals surface area contributed by atoms with Crippen molar-refractivity contribution in [3.63, 3.8) is 0 Å². The first-order valence-electron chi connectivity index (χ1n) is 4.80. The molecule has 0 aliphatic rings. The summed E-state index contributed by atoms with van der Waals surface area (Å²) in [7, 11) is -5.07. The molecule has 0 amide bonds. The topological polar surface area (TPSA) is 96.0 Å². The maximum Gasteiger partial charge on any atom is 0.416 e. The summed E-state index contributed by atoms with van der Waals surface area (Å²) < 4.78 is 85.0. The smallest absolute Gasteiger partial charge is 0.384 e. The third-order valence-corrected chi connectivity index (χ3v) is 3.10. The van der Waals surface area contributed by atoms with E-state index in [4.69, 9.17) is 11.1 Å². The van der Waals surface area contributed by atoms with Gasteiger partial charge in [0.1, 0.15) is 5.84 Å². The second-order valence-electron chi connectivity index (χ2n) is 3.58. The van der Waals surface area contributed by atoms with Gasteiger partial charge in [0.25, 0.3) is 10.0 Å². The van der Waals surface area contributed by atoms with E-state index in [1.165, 1.54) is 4.72 Å². The predicted molar refractivity (Wildman–Crippen MR) is 61.0 cm³/mol. The highest BCUT2D eigenvalue weighted by molar-refractivity contribution is 7.93. The minimum atomic E-state index is -5.07. The van der Waals surface area contributed by atoms with Crippen LogP contribution >= 0.6 is 0 Å². The average molecular weight is 317 g/mol. The number of nitrogens with two attached hydrogens (primary N) is 1. The summed E-state index contributed by atoms with van der Waals surface area (Å²) in [6.45, 7) is 0. The van der Waals surface area contributed by atoms with Crippen molar-refractivity contribution in [1.82, 2.24) is 0 Å². The molecule has 0 bridgehead atoms. The molecule has 0 saturated heterocycles. The van der Waals surface area contributed by atoms with Crippen molar-refractivity contribution < 1.29 is 30.4 Å². The van der Waals surface area contributed by atoms with Gasteiger partial charge in [-0.25, -0.2) is 8.42 Å². The van der Waals surface area contributed by atoms with Crippen LogP contribution in [0.3, 0.4) is 0 Å². The summed E-state index contributed by atoms with van der Waals surface area (Å²) >= 11 is 0. The molecule has 1 aromatic carbocycles. The van der Waals surface area contributed by atoms with E-state index in [1.54, 1.807) is 0 Å². The van der Waals surface area contributed by atoms with Crippen LogP contribution in [0.4, 0.5) is 27.6 Å². The van der Waals surface area contributed by atoms with Crippen LogP contribution < -0.4 is 10.5 Å². The quantitative estimate of drug-likeness (QED) is 0.450. The lowest BCUT2D eigenvalue weighted by Crippen LogP contribution is -2.23. The van der Waals surface area contributed by atoms with Gasteiger partial charge in [0.15, 0.2) is 0 Å². The maximum absolute atomic E-state index is 12.5. The molecule has 0 atom stereocenters. The van der Waals surface area contributed by atoms with Crippen molar-refractivity contribution in [2.24, 2.45) is 5.73 Å². The molecule has 20 heavy (non-hydrogen) atoms. The Hall–Kier alpha value is -1.91. The van der Waals surface area contributed by atoms with Crippen molar-refractivity contribution in [2.75, 3.05) is 4.72 Å². The number of benzene rings is 1. The molecule has 0 fully saturated rings. The molecule has 0 aliphatic heterocycles. The Kier molecular flexibility index (Phi) is 4.22. The highest BCUT2D eigenvalue weighted by atomic mass is 32.2. The van der Waals surface area contributed by atoms with E-state index in [2.05, 4.69) is 0 Å². The van der Waals surface area contributed by atoms with E-state index in [9.17, 15) is 30.4 Å². The molecule has 4 N–H and O–H groups in total. The van der Waals surface area contributed by atoms with Crippen molar-refractivity contribution in [3.8, 4) is 0 Å². The Bertz CT molecular complexity index is 627. The van der Waals surface area contributed by atoms with Crippen molar-refractivity contribution >= 4 is 21.5 Å². The summed E-state index contributed by atoms with van der Waals surface area (Å²) in [5.41, 5.74) is 2.54. The monoisotopic (exact) mass is 317 g/mol. The first-order chi connectivity index (χ1) is 8.95. The number of nitrogens with one attached hydrogen (secondary N) is 2. The van der Waals surface area contributed by atoms with Crippen molar-refractivity contribution in [3.05, 3.63) is 29.3 Å². The molecule has 0 saturated carbocycles. The van der Waals surface area contributed by atoms with Crippen LogP contribution in [0.25, 0.3) is 0 Å². The van der Waals surface area contributed by atoms with Crippen molar-refractivity contribution in [1.29, 1.82) is 5.41 Å². The molecule has 0 aliphatic carbocycles. The Morgan fingerprint density at radius 3 is 2.25 bits per heavy atom. The molecular formula is C9H8F5N3O2S. The third-order valence-electron chi connectivity index (χ3n) is 2.12. The molecule has 112 valence electrons. The van der Waals surface area contributed by atoms with E-state index in [1.807, 2.05) is 0 Å². The number of sulfonamides is 1. The van der Waals surface area contributed by atoms with Gasteiger partial charge in [0.2, 0.25) is 0 Å². The zero-order valence-corrected chi connectivity index (χ0v) is 10.3. The summed E-state index contributed by atoms with van der Waals surface area (Å²) in [5, 5.41) is 7.08. The molecule has 0 aromatic heterocycles. The van der Waals surface area contributed by atoms with Crippen LogP contribution in [0.15, 0.2) is 18.2 Å². The molecule has 0 radical (unpaired) electrons. The highest BCUT2D eigenvalue weighted by Crippen LogP contribution is 2.32. The zero-order chi connectivity index (χ0) is 15.7. The fourth-order valence-corrected chi connectivity index (χ4v) is 1.80. The van der Waals surface area contributed by atoms with E-state index >= 15 is 0 Å². The summed E-state index contributed by atoms with van der Waals surface area (Å²) in [4.78, 5) is 0. The van der Waals surface area contributed by atoms with Gasteiger partial charge in [-0.1, -0.05) is 0 Å². The predicted octanol–water partition coefficient (Wildman–Crippen LogP) is 1.95. The molecule has 11 heteroatoms. The number of anilines is 1. The molecule has 1 aromatic rings. The molecule has 0 unspecified atom stereocenters. The van der Waals surface area contributed by atoms with Crippen LogP contribution in [0.2, 0.25) is 0 Å². The van der Waals surface area contributed by atoms with Gasteiger partial charge in [0.05, 0.1) is 11.3 Å². The van der Waals surface area contributed by atoms with E-state index in [-0.39, 0.29) is 0 Å². The van der Waals surface area contributed by atoms with Gasteiger partial charge >= 0.3 is 11.9 Å². The third kappa shape index (κ3) is 3.56. The lowest BCUT2D eigenvalue weighted by molar-refractivity contribution is -0.137. The van der Waals surface area contributed by atoms with Gasteiger partial charge < -0.3 is 5.73 Å². The Labute approximate surface area is 110 Å². The molecule has 1 rings (SSSR count). The molecule has 0 spiro atoms.